The number of halogens is 2. The predicted molar refractivity (Wildman–Crippen MR) is 90.2 cm³/mol. The molecule has 2 aliphatic heterocycles. The van der Waals surface area contributed by atoms with Crippen molar-refractivity contribution in [3.05, 3.63) is 35.6 Å². The molecule has 3 aliphatic rings. The monoisotopic (exact) mass is 338 g/mol. The maximum atomic E-state index is 13.2. The molecule has 1 aromatic carbocycles. The van der Waals surface area contributed by atoms with Crippen LogP contribution in [0.5, 0.6) is 0 Å². The molecule has 2 bridgehead atoms. The Labute approximate surface area is 142 Å². The predicted octanol–water partition coefficient (Wildman–Crippen LogP) is 3.14. The second kappa shape index (κ2) is 6.78. The van der Waals surface area contributed by atoms with Crippen LogP contribution in [0.3, 0.4) is 0 Å². The average Bonchev–Trinajstić information content (AvgIpc) is 3.15. The number of carbonyl (C=O) groups excluding carboxylic acids is 1. The Hall–Kier alpha value is -1.13. The van der Waals surface area contributed by atoms with E-state index in [0.29, 0.717) is 30.3 Å². The van der Waals surface area contributed by atoms with Crippen LogP contribution in [0.15, 0.2) is 24.3 Å². The summed E-state index contributed by atoms with van der Waals surface area (Å²) in [5, 5.41) is 6.75. The number of benzene rings is 1. The standard InChI is InChI=1S/C18H23FN2O.ClH/c19-13-3-1-2-12(9-13)16-10-17(16)21-18(22)8-11-6-14-4-5-15(7-11)20-14;/h1-3,9,11,14-17,20H,4-8,10H2,(H,21,22);1H. The van der Waals surface area contributed by atoms with Gasteiger partial charge >= 0.3 is 0 Å². The van der Waals surface area contributed by atoms with Crippen LogP contribution in [0.25, 0.3) is 0 Å². The molecule has 1 amide bonds. The zero-order chi connectivity index (χ0) is 15.1. The van der Waals surface area contributed by atoms with E-state index in [1.54, 1.807) is 12.1 Å². The van der Waals surface area contributed by atoms with E-state index in [-0.39, 0.29) is 30.2 Å². The van der Waals surface area contributed by atoms with Gasteiger partial charge in [-0.1, -0.05) is 12.1 Å². The van der Waals surface area contributed by atoms with Crippen LogP contribution in [0.4, 0.5) is 4.39 Å². The number of nitrogens with one attached hydrogen (secondary N) is 2. The summed E-state index contributed by atoms with van der Waals surface area (Å²) in [7, 11) is 0. The van der Waals surface area contributed by atoms with Crippen LogP contribution in [-0.2, 0) is 4.79 Å². The Morgan fingerprint density at radius 2 is 1.96 bits per heavy atom. The van der Waals surface area contributed by atoms with Gasteiger partial charge in [0.05, 0.1) is 0 Å². The van der Waals surface area contributed by atoms with Crippen molar-refractivity contribution in [1.82, 2.24) is 10.6 Å². The second-order valence-electron chi connectivity index (χ2n) is 7.25. The molecule has 0 radical (unpaired) electrons. The van der Waals surface area contributed by atoms with E-state index in [1.165, 1.54) is 18.9 Å². The molecule has 2 saturated heterocycles. The van der Waals surface area contributed by atoms with Crippen molar-refractivity contribution in [2.45, 2.75) is 62.6 Å². The first-order valence-corrected chi connectivity index (χ1v) is 8.48. The highest BCUT2D eigenvalue weighted by molar-refractivity contribution is 5.85. The molecule has 0 aromatic heterocycles. The third-order valence-corrected chi connectivity index (χ3v) is 5.46. The molecule has 2 heterocycles. The number of hydrogen-bond acceptors (Lipinski definition) is 2. The fraction of sp³-hybridized carbons (Fsp3) is 0.611. The van der Waals surface area contributed by atoms with Crippen molar-refractivity contribution >= 4 is 18.3 Å². The molecule has 5 heteroatoms. The van der Waals surface area contributed by atoms with Crippen molar-refractivity contribution in [2.24, 2.45) is 5.92 Å². The summed E-state index contributed by atoms with van der Waals surface area (Å²) in [5.74, 6) is 0.809. The van der Waals surface area contributed by atoms with Crippen LogP contribution in [-0.4, -0.2) is 24.0 Å². The van der Waals surface area contributed by atoms with E-state index < -0.39 is 0 Å². The Kier molecular flexibility index (Phi) is 4.93. The molecule has 1 saturated carbocycles. The van der Waals surface area contributed by atoms with Gasteiger partial charge in [-0.2, -0.15) is 0 Å². The molecule has 1 aliphatic carbocycles. The summed E-state index contributed by atoms with van der Waals surface area (Å²) in [6.45, 7) is 0. The van der Waals surface area contributed by atoms with Crippen molar-refractivity contribution in [3.63, 3.8) is 0 Å². The number of rotatable bonds is 4. The van der Waals surface area contributed by atoms with E-state index in [4.69, 9.17) is 0 Å². The van der Waals surface area contributed by atoms with Crippen LogP contribution in [0.2, 0.25) is 0 Å². The zero-order valence-corrected chi connectivity index (χ0v) is 13.9. The van der Waals surface area contributed by atoms with E-state index in [0.717, 1.165) is 24.8 Å². The Morgan fingerprint density at radius 3 is 2.65 bits per heavy atom. The van der Waals surface area contributed by atoms with Gasteiger partial charge in [0.25, 0.3) is 0 Å². The summed E-state index contributed by atoms with van der Waals surface area (Å²) in [6.07, 6.45) is 6.41. The lowest BCUT2D eigenvalue weighted by Crippen LogP contribution is -2.40. The highest BCUT2D eigenvalue weighted by Gasteiger charge is 2.40. The second-order valence-corrected chi connectivity index (χ2v) is 7.25. The maximum absolute atomic E-state index is 13.2. The van der Waals surface area contributed by atoms with Gasteiger partial charge in [-0.05, 0) is 55.7 Å². The quantitative estimate of drug-likeness (QED) is 0.885. The first kappa shape index (κ1) is 16.7. The highest BCUT2D eigenvalue weighted by atomic mass is 35.5. The van der Waals surface area contributed by atoms with Gasteiger partial charge in [-0.15, -0.1) is 12.4 Å². The third kappa shape index (κ3) is 3.86. The molecule has 4 atom stereocenters. The maximum Gasteiger partial charge on any atom is 0.220 e. The molecule has 4 unspecified atom stereocenters. The Bertz CT molecular complexity index is 570. The fourth-order valence-corrected chi connectivity index (χ4v) is 4.33. The molecule has 1 aromatic rings. The number of fused-ring (bicyclic) bond motifs is 2. The number of piperidine rings is 1. The molecule has 3 nitrogen and oxygen atoms in total. The average molecular weight is 339 g/mol. The number of carbonyl (C=O) groups is 1. The van der Waals surface area contributed by atoms with Gasteiger partial charge in [0.1, 0.15) is 5.82 Å². The SMILES string of the molecule is Cl.O=C(CC1CC2CCC(C1)N2)NC1CC1c1cccc(F)c1. The van der Waals surface area contributed by atoms with Crippen molar-refractivity contribution in [1.29, 1.82) is 0 Å². The lowest BCUT2D eigenvalue weighted by Gasteiger charge is -2.28. The van der Waals surface area contributed by atoms with Gasteiger partial charge < -0.3 is 10.6 Å². The minimum atomic E-state index is -0.195. The Balaban J connectivity index is 0.00000156. The smallest absolute Gasteiger partial charge is 0.220 e. The minimum absolute atomic E-state index is 0. The topological polar surface area (TPSA) is 41.1 Å². The van der Waals surface area contributed by atoms with Crippen LogP contribution in [0.1, 0.15) is 50.0 Å². The third-order valence-electron chi connectivity index (χ3n) is 5.46. The first-order chi connectivity index (χ1) is 10.7. The largest absolute Gasteiger partial charge is 0.353 e. The lowest BCUT2D eigenvalue weighted by atomic mass is 9.89. The molecular formula is C18H24ClFN2O. The summed E-state index contributed by atoms with van der Waals surface area (Å²) in [5.41, 5.74) is 1.00. The summed E-state index contributed by atoms with van der Waals surface area (Å²) < 4.78 is 13.2. The minimum Gasteiger partial charge on any atom is -0.353 e. The van der Waals surface area contributed by atoms with Crippen molar-refractivity contribution < 1.29 is 9.18 Å². The molecule has 2 N–H and O–H groups in total. The van der Waals surface area contributed by atoms with E-state index in [1.807, 2.05) is 6.07 Å². The van der Waals surface area contributed by atoms with E-state index in [9.17, 15) is 9.18 Å². The van der Waals surface area contributed by atoms with Crippen LogP contribution < -0.4 is 10.6 Å². The molecule has 23 heavy (non-hydrogen) atoms. The molecule has 0 spiro atoms. The van der Waals surface area contributed by atoms with Gasteiger partial charge in [-0.3, -0.25) is 4.79 Å². The van der Waals surface area contributed by atoms with Crippen molar-refractivity contribution in [2.75, 3.05) is 0 Å². The van der Waals surface area contributed by atoms with Gasteiger partial charge in [0, 0.05) is 30.5 Å². The molecule has 126 valence electrons. The summed E-state index contributed by atoms with van der Waals surface area (Å²) >= 11 is 0. The van der Waals surface area contributed by atoms with Gasteiger partial charge in [0.15, 0.2) is 0 Å². The number of amides is 1. The highest BCUT2D eigenvalue weighted by Crippen LogP contribution is 2.41. The van der Waals surface area contributed by atoms with Crippen LogP contribution >= 0.6 is 12.4 Å². The molecular weight excluding hydrogens is 315 g/mol. The fourth-order valence-electron chi connectivity index (χ4n) is 4.33. The van der Waals surface area contributed by atoms with E-state index in [2.05, 4.69) is 10.6 Å². The summed E-state index contributed by atoms with van der Waals surface area (Å²) in [4.78, 5) is 12.2. The lowest BCUT2D eigenvalue weighted by molar-refractivity contribution is -0.122. The van der Waals surface area contributed by atoms with Crippen LogP contribution in [0, 0.1) is 11.7 Å². The normalized spacial score (nSPS) is 34.6. The summed E-state index contributed by atoms with van der Waals surface area (Å²) in [6, 6.07) is 8.21. The van der Waals surface area contributed by atoms with Gasteiger partial charge in [-0.25, -0.2) is 4.39 Å². The number of hydrogen-bond donors (Lipinski definition) is 2. The van der Waals surface area contributed by atoms with Crippen molar-refractivity contribution in [3.8, 4) is 0 Å². The molecule has 3 fully saturated rings. The first-order valence-electron chi connectivity index (χ1n) is 8.48. The zero-order valence-electron chi connectivity index (χ0n) is 13.1. The molecule has 4 rings (SSSR count). The van der Waals surface area contributed by atoms with E-state index >= 15 is 0 Å². The Morgan fingerprint density at radius 1 is 1.22 bits per heavy atom. The van der Waals surface area contributed by atoms with Gasteiger partial charge in [0.2, 0.25) is 5.91 Å².